The molecule has 1 aliphatic heterocycles. The summed E-state index contributed by atoms with van der Waals surface area (Å²) in [5, 5.41) is 3.69. The lowest BCUT2D eigenvalue weighted by molar-refractivity contribution is 0.336. The lowest BCUT2D eigenvalue weighted by atomic mass is 10.1. The molecule has 1 saturated heterocycles. The monoisotopic (exact) mass is 275 g/mol. The van der Waals surface area contributed by atoms with Gasteiger partial charge in [-0.1, -0.05) is 19.1 Å². The molecule has 2 unspecified atom stereocenters. The van der Waals surface area contributed by atoms with Crippen molar-refractivity contribution in [3.8, 4) is 0 Å². The Morgan fingerprint density at radius 1 is 1.30 bits per heavy atom. The lowest BCUT2D eigenvalue weighted by Crippen LogP contribution is -2.28. The van der Waals surface area contributed by atoms with Gasteiger partial charge in [0.25, 0.3) is 0 Å². The van der Waals surface area contributed by atoms with Crippen LogP contribution in [0, 0.1) is 5.92 Å². The number of benzene rings is 1. The molecule has 1 fully saturated rings. The van der Waals surface area contributed by atoms with Crippen molar-refractivity contribution in [1.82, 2.24) is 10.2 Å². The highest BCUT2D eigenvalue weighted by Crippen LogP contribution is 2.19. The topological polar surface area (TPSA) is 18.5 Å². The summed E-state index contributed by atoms with van der Waals surface area (Å²) in [4.78, 5) is 4.68. The first-order valence-electron chi connectivity index (χ1n) is 7.83. The van der Waals surface area contributed by atoms with Gasteiger partial charge in [-0.25, -0.2) is 0 Å². The Bertz CT molecular complexity index is 399. The number of nitrogens with zero attached hydrogens (tertiary/aromatic N) is 2. The third-order valence-corrected chi connectivity index (χ3v) is 4.44. The summed E-state index contributed by atoms with van der Waals surface area (Å²) >= 11 is 0. The van der Waals surface area contributed by atoms with Gasteiger partial charge in [-0.3, -0.25) is 0 Å². The zero-order valence-corrected chi connectivity index (χ0v) is 13.4. The van der Waals surface area contributed by atoms with Crippen LogP contribution in [0.5, 0.6) is 0 Å². The Labute approximate surface area is 124 Å². The molecule has 3 heteroatoms. The van der Waals surface area contributed by atoms with Crippen molar-refractivity contribution < 1.29 is 0 Å². The molecular weight excluding hydrogens is 246 g/mol. The summed E-state index contributed by atoms with van der Waals surface area (Å²) in [6.07, 6.45) is 1.34. The summed E-state index contributed by atoms with van der Waals surface area (Å²) in [5.74, 6) is 0.818. The standard InChI is InChI=1S/C17H29N3/c1-5-20-11-10-15(13-20)12-18-14(2)16-6-8-17(9-7-16)19(3)4/h6-9,14-15,18H,5,10-13H2,1-4H3. The summed E-state index contributed by atoms with van der Waals surface area (Å²) in [5.41, 5.74) is 2.64. The fraction of sp³-hybridized carbons (Fsp3) is 0.647. The van der Waals surface area contributed by atoms with Crippen molar-refractivity contribution in [3.05, 3.63) is 29.8 Å². The molecule has 0 aromatic heterocycles. The van der Waals surface area contributed by atoms with E-state index in [2.05, 4.69) is 67.3 Å². The summed E-state index contributed by atoms with van der Waals surface area (Å²) in [6.45, 7) is 9.37. The maximum Gasteiger partial charge on any atom is 0.0361 e. The number of hydrogen-bond donors (Lipinski definition) is 1. The maximum absolute atomic E-state index is 3.69. The van der Waals surface area contributed by atoms with Crippen LogP contribution < -0.4 is 10.2 Å². The Morgan fingerprint density at radius 2 is 2.00 bits per heavy atom. The molecule has 112 valence electrons. The number of likely N-dealkylation sites (tertiary alicyclic amines) is 1. The van der Waals surface area contributed by atoms with Gasteiger partial charge in [0.2, 0.25) is 0 Å². The lowest BCUT2D eigenvalue weighted by Gasteiger charge is -2.19. The van der Waals surface area contributed by atoms with Gasteiger partial charge >= 0.3 is 0 Å². The van der Waals surface area contributed by atoms with Crippen LogP contribution in [0.25, 0.3) is 0 Å². The van der Waals surface area contributed by atoms with E-state index in [9.17, 15) is 0 Å². The van der Waals surface area contributed by atoms with Gasteiger partial charge < -0.3 is 15.1 Å². The number of nitrogens with one attached hydrogen (secondary N) is 1. The van der Waals surface area contributed by atoms with Crippen molar-refractivity contribution in [1.29, 1.82) is 0 Å². The minimum Gasteiger partial charge on any atom is -0.378 e. The van der Waals surface area contributed by atoms with Crippen LogP contribution in [-0.2, 0) is 0 Å². The molecule has 1 aromatic rings. The first-order chi connectivity index (χ1) is 9.60. The first kappa shape index (κ1) is 15.3. The van der Waals surface area contributed by atoms with Crippen LogP contribution in [0.2, 0.25) is 0 Å². The molecule has 20 heavy (non-hydrogen) atoms. The molecule has 0 saturated carbocycles. The van der Waals surface area contributed by atoms with E-state index in [1.165, 1.54) is 37.3 Å². The van der Waals surface area contributed by atoms with E-state index < -0.39 is 0 Å². The van der Waals surface area contributed by atoms with Gasteiger partial charge in [0.15, 0.2) is 0 Å². The van der Waals surface area contributed by atoms with Gasteiger partial charge in [0.1, 0.15) is 0 Å². The first-order valence-corrected chi connectivity index (χ1v) is 7.83. The van der Waals surface area contributed by atoms with E-state index in [0.29, 0.717) is 6.04 Å². The molecule has 0 spiro atoms. The molecule has 0 aliphatic carbocycles. The minimum absolute atomic E-state index is 0.432. The zero-order chi connectivity index (χ0) is 14.5. The Morgan fingerprint density at radius 3 is 2.55 bits per heavy atom. The van der Waals surface area contributed by atoms with Crippen LogP contribution in [-0.4, -0.2) is 45.2 Å². The zero-order valence-electron chi connectivity index (χ0n) is 13.4. The molecule has 2 atom stereocenters. The smallest absolute Gasteiger partial charge is 0.0361 e. The van der Waals surface area contributed by atoms with Gasteiger partial charge in [-0.15, -0.1) is 0 Å². The van der Waals surface area contributed by atoms with Crippen molar-refractivity contribution in [2.45, 2.75) is 26.3 Å². The van der Waals surface area contributed by atoms with E-state index in [1.807, 2.05) is 0 Å². The molecule has 0 bridgehead atoms. The predicted molar refractivity (Wildman–Crippen MR) is 87.4 cm³/mol. The van der Waals surface area contributed by atoms with Gasteiger partial charge in [-0.2, -0.15) is 0 Å². The Balaban J connectivity index is 1.81. The van der Waals surface area contributed by atoms with E-state index in [4.69, 9.17) is 0 Å². The highest BCUT2D eigenvalue weighted by Gasteiger charge is 2.21. The van der Waals surface area contributed by atoms with Gasteiger partial charge in [0, 0.05) is 32.4 Å². The number of anilines is 1. The quantitative estimate of drug-likeness (QED) is 0.861. The average Bonchev–Trinajstić information content (AvgIpc) is 2.93. The maximum atomic E-state index is 3.69. The van der Waals surface area contributed by atoms with E-state index in [-0.39, 0.29) is 0 Å². The van der Waals surface area contributed by atoms with E-state index in [0.717, 1.165) is 12.5 Å². The van der Waals surface area contributed by atoms with Crippen molar-refractivity contribution in [3.63, 3.8) is 0 Å². The fourth-order valence-electron chi connectivity index (χ4n) is 2.89. The summed E-state index contributed by atoms with van der Waals surface area (Å²) in [6, 6.07) is 9.30. The average molecular weight is 275 g/mol. The molecule has 0 amide bonds. The van der Waals surface area contributed by atoms with E-state index >= 15 is 0 Å². The third kappa shape index (κ3) is 3.97. The second-order valence-electron chi connectivity index (χ2n) is 6.16. The Kier molecular flexibility index (Phi) is 5.44. The molecular formula is C17H29N3. The minimum atomic E-state index is 0.432. The largest absolute Gasteiger partial charge is 0.378 e. The predicted octanol–water partition coefficient (Wildman–Crippen LogP) is 2.75. The van der Waals surface area contributed by atoms with Crippen molar-refractivity contribution in [2.75, 3.05) is 45.2 Å². The van der Waals surface area contributed by atoms with Crippen LogP contribution >= 0.6 is 0 Å². The molecule has 2 rings (SSSR count). The van der Waals surface area contributed by atoms with Gasteiger partial charge in [0.05, 0.1) is 0 Å². The normalized spacial score (nSPS) is 21.1. The Hall–Kier alpha value is -1.06. The van der Waals surface area contributed by atoms with Crippen molar-refractivity contribution >= 4 is 5.69 Å². The molecule has 1 N–H and O–H groups in total. The molecule has 1 aliphatic rings. The van der Waals surface area contributed by atoms with Crippen LogP contribution in [0.15, 0.2) is 24.3 Å². The SMILES string of the molecule is CCN1CCC(CNC(C)c2ccc(N(C)C)cc2)C1. The molecule has 3 nitrogen and oxygen atoms in total. The second kappa shape index (κ2) is 7.09. The third-order valence-electron chi connectivity index (χ3n) is 4.44. The second-order valence-corrected chi connectivity index (χ2v) is 6.16. The number of rotatable bonds is 6. The molecule has 1 aromatic carbocycles. The summed E-state index contributed by atoms with van der Waals surface area (Å²) < 4.78 is 0. The molecule has 1 heterocycles. The van der Waals surface area contributed by atoms with Crippen LogP contribution in [0.3, 0.4) is 0 Å². The van der Waals surface area contributed by atoms with Crippen LogP contribution in [0.4, 0.5) is 5.69 Å². The highest BCUT2D eigenvalue weighted by molar-refractivity contribution is 5.46. The van der Waals surface area contributed by atoms with Crippen LogP contribution in [0.1, 0.15) is 31.9 Å². The summed E-state index contributed by atoms with van der Waals surface area (Å²) in [7, 11) is 4.16. The van der Waals surface area contributed by atoms with Crippen molar-refractivity contribution in [2.24, 2.45) is 5.92 Å². The van der Waals surface area contributed by atoms with E-state index in [1.54, 1.807) is 0 Å². The fourth-order valence-corrected chi connectivity index (χ4v) is 2.89. The number of hydrogen-bond acceptors (Lipinski definition) is 3. The van der Waals surface area contributed by atoms with Gasteiger partial charge in [-0.05, 0) is 56.6 Å². The molecule has 0 radical (unpaired) electrons. The highest BCUT2D eigenvalue weighted by atomic mass is 15.1.